The molecule has 0 spiro atoms. The molecule has 0 unspecified atom stereocenters. The highest BCUT2D eigenvalue weighted by Gasteiger charge is 2.11. The van der Waals surface area contributed by atoms with Gasteiger partial charge in [0.2, 0.25) is 0 Å². The van der Waals surface area contributed by atoms with Gasteiger partial charge < -0.3 is 14.3 Å². The largest absolute Gasteiger partial charge is 0.493 e. The molecule has 0 N–H and O–H groups in total. The molecule has 4 aromatic rings. The molecule has 0 saturated heterocycles. The first kappa shape index (κ1) is 22.7. The van der Waals surface area contributed by atoms with Crippen LogP contribution in [0.3, 0.4) is 0 Å². The van der Waals surface area contributed by atoms with Gasteiger partial charge in [-0.15, -0.1) is 0 Å². The molecule has 0 aliphatic carbocycles. The Morgan fingerprint density at radius 1 is 0.971 bits per heavy atom. The lowest BCUT2D eigenvalue weighted by atomic mass is 10.1. The number of hydrogen-bond donors (Lipinski definition) is 0. The van der Waals surface area contributed by atoms with E-state index in [1.165, 1.54) is 4.68 Å². The Morgan fingerprint density at radius 2 is 1.71 bits per heavy atom. The van der Waals surface area contributed by atoms with E-state index in [0.717, 1.165) is 11.1 Å². The Bertz CT molecular complexity index is 1410. The molecule has 0 amide bonds. The minimum atomic E-state index is -0.301. The van der Waals surface area contributed by atoms with Crippen LogP contribution < -0.4 is 15.0 Å². The number of fused-ring (bicyclic) bond motifs is 1. The fourth-order valence-electron chi connectivity index (χ4n) is 3.36. The van der Waals surface area contributed by atoms with Gasteiger partial charge in [0.25, 0.3) is 5.56 Å². The molecule has 0 radical (unpaired) electrons. The highest BCUT2D eigenvalue weighted by atomic mass is 16.6. The standard InChI is InChI=1S/C26H24N4O4/c1-18(20-9-5-4-6-10-20)29-34-17-25-28-22-12-8-7-11-21(22)26(31)30(25)27-16-19-13-14-23(32-2)24(15-19)33-3/h4-16H,17H2,1-3H3. The van der Waals surface area contributed by atoms with Crippen LogP contribution in [0.15, 0.2) is 87.8 Å². The van der Waals surface area contributed by atoms with Crippen LogP contribution >= 0.6 is 0 Å². The molecule has 1 heterocycles. The van der Waals surface area contributed by atoms with Crippen molar-refractivity contribution in [3.05, 3.63) is 100 Å². The summed E-state index contributed by atoms with van der Waals surface area (Å²) in [5.74, 6) is 1.49. The normalized spacial score (nSPS) is 11.7. The zero-order valence-electron chi connectivity index (χ0n) is 19.1. The average molecular weight is 457 g/mol. The maximum atomic E-state index is 13.2. The van der Waals surface area contributed by atoms with E-state index in [0.29, 0.717) is 33.9 Å². The van der Waals surface area contributed by atoms with E-state index in [1.54, 1.807) is 50.8 Å². The monoisotopic (exact) mass is 456 g/mol. The molecule has 4 rings (SSSR count). The first-order chi connectivity index (χ1) is 16.6. The van der Waals surface area contributed by atoms with Crippen LogP contribution in [0.4, 0.5) is 0 Å². The third kappa shape index (κ3) is 4.96. The molecule has 0 fully saturated rings. The number of ether oxygens (including phenoxy) is 2. The van der Waals surface area contributed by atoms with Crippen molar-refractivity contribution >= 4 is 22.8 Å². The summed E-state index contributed by atoms with van der Waals surface area (Å²) in [6, 6.07) is 22.2. The fourth-order valence-corrected chi connectivity index (χ4v) is 3.36. The number of para-hydroxylation sites is 1. The minimum absolute atomic E-state index is 0.0342. The average Bonchev–Trinajstić information content (AvgIpc) is 2.88. The Balaban J connectivity index is 1.68. The lowest BCUT2D eigenvalue weighted by molar-refractivity contribution is 0.122. The summed E-state index contributed by atoms with van der Waals surface area (Å²) in [5.41, 5.74) is 2.64. The van der Waals surface area contributed by atoms with E-state index in [2.05, 4.69) is 15.2 Å². The van der Waals surface area contributed by atoms with E-state index in [4.69, 9.17) is 14.3 Å². The fraction of sp³-hybridized carbons (Fsp3) is 0.154. The first-order valence-corrected chi connectivity index (χ1v) is 10.6. The van der Waals surface area contributed by atoms with Crippen molar-refractivity contribution in [2.24, 2.45) is 10.3 Å². The van der Waals surface area contributed by atoms with Crippen LogP contribution in [0, 0.1) is 0 Å². The topological polar surface area (TPSA) is 87.3 Å². The summed E-state index contributed by atoms with van der Waals surface area (Å²) in [6.07, 6.45) is 1.56. The van der Waals surface area contributed by atoms with Crippen LogP contribution in [-0.4, -0.2) is 35.8 Å². The molecule has 34 heavy (non-hydrogen) atoms. The van der Waals surface area contributed by atoms with Crippen molar-refractivity contribution in [1.82, 2.24) is 9.66 Å². The Morgan fingerprint density at radius 3 is 2.47 bits per heavy atom. The zero-order chi connectivity index (χ0) is 23.9. The molecule has 0 atom stereocenters. The summed E-state index contributed by atoms with van der Waals surface area (Å²) in [5, 5.41) is 9.04. The van der Waals surface area contributed by atoms with Gasteiger partial charge in [-0.1, -0.05) is 47.6 Å². The Hall–Kier alpha value is -4.46. The molecule has 172 valence electrons. The van der Waals surface area contributed by atoms with Gasteiger partial charge >= 0.3 is 0 Å². The maximum Gasteiger partial charge on any atom is 0.282 e. The van der Waals surface area contributed by atoms with Gasteiger partial charge in [0.15, 0.2) is 23.9 Å². The smallest absolute Gasteiger partial charge is 0.282 e. The predicted molar refractivity (Wildman–Crippen MR) is 132 cm³/mol. The van der Waals surface area contributed by atoms with Gasteiger partial charge in [-0.05, 0) is 48.4 Å². The van der Waals surface area contributed by atoms with Crippen molar-refractivity contribution in [3.8, 4) is 11.5 Å². The molecular formula is C26H24N4O4. The van der Waals surface area contributed by atoms with Gasteiger partial charge in [0.05, 0.1) is 37.0 Å². The minimum Gasteiger partial charge on any atom is -0.493 e. The third-order valence-electron chi connectivity index (χ3n) is 5.14. The van der Waals surface area contributed by atoms with Crippen molar-refractivity contribution in [2.45, 2.75) is 13.5 Å². The first-order valence-electron chi connectivity index (χ1n) is 10.6. The van der Waals surface area contributed by atoms with Gasteiger partial charge in [-0.3, -0.25) is 4.79 Å². The number of rotatable bonds is 8. The summed E-state index contributed by atoms with van der Waals surface area (Å²) in [6.45, 7) is 1.82. The van der Waals surface area contributed by atoms with Gasteiger partial charge in [-0.2, -0.15) is 9.78 Å². The SMILES string of the molecule is COc1ccc(C=Nn2c(CON=C(C)c3ccccc3)nc3ccccc3c2=O)cc1OC. The number of hydrogen-bond acceptors (Lipinski definition) is 7. The number of aromatic nitrogens is 2. The molecule has 1 aromatic heterocycles. The molecule has 0 aliphatic rings. The predicted octanol–water partition coefficient (Wildman–Crippen LogP) is 4.24. The molecular weight excluding hydrogens is 432 g/mol. The summed E-state index contributed by atoms with van der Waals surface area (Å²) >= 11 is 0. The van der Waals surface area contributed by atoms with Crippen LogP contribution in [0.1, 0.15) is 23.9 Å². The maximum absolute atomic E-state index is 13.2. The number of benzene rings is 3. The second-order valence-corrected chi connectivity index (χ2v) is 7.34. The molecule has 3 aromatic carbocycles. The quantitative estimate of drug-likeness (QED) is 0.292. The second-order valence-electron chi connectivity index (χ2n) is 7.34. The van der Waals surface area contributed by atoms with E-state index in [9.17, 15) is 4.79 Å². The van der Waals surface area contributed by atoms with E-state index >= 15 is 0 Å². The Labute approximate surface area is 196 Å². The van der Waals surface area contributed by atoms with Crippen LogP contribution in [0.5, 0.6) is 11.5 Å². The van der Waals surface area contributed by atoms with Crippen molar-refractivity contribution in [2.75, 3.05) is 14.2 Å². The third-order valence-corrected chi connectivity index (χ3v) is 5.14. The van der Waals surface area contributed by atoms with Crippen LogP contribution in [0.2, 0.25) is 0 Å². The van der Waals surface area contributed by atoms with E-state index in [-0.39, 0.29) is 12.2 Å². The van der Waals surface area contributed by atoms with Crippen molar-refractivity contribution in [1.29, 1.82) is 0 Å². The summed E-state index contributed by atoms with van der Waals surface area (Å²) in [7, 11) is 3.13. The molecule has 8 nitrogen and oxygen atoms in total. The highest BCUT2D eigenvalue weighted by Crippen LogP contribution is 2.26. The van der Waals surface area contributed by atoms with Gasteiger partial charge in [0, 0.05) is 0 Å². The lowest BCUT2D eigenvalue weighted by Crippen LogP contribution is -2.22. The van der Waals surface area contributed by atoms with Crippen LogP contribution in [-0.2, 0) is 11.4 Å². The molecule has 0 saturated carbocycles. The molecule has 0 aliphatic heterocycles. The number of oxime groups is 1. The van der Waals surface area contributed by atoms with Gasteiger partial charge in [0.1, 0.15) is 0 Å². The van der Waals surface area contributed by atoms with E-state index < -0.39 is 0 Å². The van der Waals surface area contributed by atoms with Crippen molar-refractivity contribution < 1.29 is 14.3 Å². The van der Waals surface area contributed by atoms with Crippen LogP contribution in [0.25, 0.3) is 10.9 Å². The highest BCUT2D eigenvalue weighted by molar-refractivity contribution is 5.98. The lowest BCUT2D eigenvalue weighted by Gasteiger charge is -2.10. The number of nitrogens with zero attached hydrogens (tertiary/aromatic N) is 4. The molecule has 0 bridgehead atoms. The number of methoxy groups -OCH3 is 2. The summed E-state index contributed by atoms with van der Waals surface area (Å²) in [4.78, 5) is 23.3. The zero-order valence-corrected chi connectivity index (χ0v) is 19.1. The summed E-state index contributed by atoms with van der Waals surface area (Å²) < 4.78 is 11.8. The van der Waals surface area contributed by atoms with Gasteiger partial charge in [-0.25, -0.2) is 4.98 Å². The van der Waals surface area contributed by atoms with E-state index in [1.807, 2.05) is 49.4 Å². The molecule has 8 heteroatoms. The second kappa shape index (κ2) is 10.4. The van der Waals surface area contributed by atoms with Crippen molar-refractivity contribution in [3.63, 3.8) is 0 Å². The Kier molecular flexibility index (Phi) is 6.98.